The Morgan fingerprint density at radius 2 is 0.889 bits per heavy atom. The van der Waals surface area contributed by atoms with Crippen LogP contribution < -0.4 is 0 Å². The van der Waals surface area contributed by atoms with E-state index in [0.717, 1.165) is 77.2 Å². The van der Waals surface area contributed by atoms with E-state index in [9.17, 15) is 0 Å². The Bertz CT molecular complexity index is 3160. The lowest BCUT2D eigenvalue weighted by Gasteiger charge is -2.15. The zero-order valence-corrected chi connectivity index (χ0v) is 29.0. The summed E-state index contributed by atoms with van der Waals surface area (Å²) in [6.45, 7) is 0. The average molecular weight is 691 g/mol. The van der Waals surface area contributed by atoms with Gasteiger partial charge in [0.25, 0.3) is 0 Å². The summed E-state index contributed by atoms with van der Waals surface area (Å²) >= 11 is 0. The Morgan fingerprint density at radius 3 is 1.65 bits per heavy atom. The topological polar surface area (TPSA) is 56.7 Å². The first-order valence-corrected chi connectivity index (χ1v) is 18.1. The molecule has 0 aliphatic carbocycles. The fourth-order valence-corrected chi connectivity index (χ4v) is 7.92. The minimum Gasteiger partial charge on any atom is -0.456 e. The van der Waals surface area contributed by atoms with Crippen LogP contribution >= 0.6 is 0 Å². The van der Waals surface area contributed by atoms with Crippen LogP contribution in [0.25, 0.3) is 105 Å². The largest absolute Gasteiger partial charge is 0.456 e. The van der Waals surface area contributed by atoms with E-state index in [1.54, 1.807) is 0 Å². The van der Waals surface area contributed by atoms with Crippen molar-refractivity contribution in [3.05, 3.63) is 182 Å². The van der Waals surface area contributed by atoms with Gasteiger partial charge in [0.15, 0.2) is 17.5 Å². The first-order chi connectivity index (χ1) is 26.8. The molecule has 11 aromatic rings. The summed E-state index contributed by atoms with van der Waals surface area (Å²) in [4.78, 5) is 15.1. The summed E-state index contributed by atoms with van der Waals surface area (Å²) in [6.07, 6.45) is 0. The number of aromatic nitrogens is 4. The first-order valence-electron chi connectivity index (χ1n) is 18.1. The highest BCUT2D eigenvalue weighted by atomic mass is 16.3. The minimum atomic E-state index is 0.638. The van der Waals surface area contributed by atoms with Crippen molar-refractivity contribution in [2.24, 2.45) is 0 Å². The maximum Gasteiger partial charge on any atom is 0.164 e. The van der Waals surface area contributed by atoms with Crippen molar-refractivity contribution in [3.63, 3.8) is 0 Å². The monoisotopic (exact) mass is 690 g/mol. The van der Waals surface area contributed by atoms with Crippen LogP contribution in [-0.4, -0.2) is 19.5 Å². The van der Waals surface area contributed by atoms with E-state index in [1.165, 1.54) is 10.8 Å². The average Bonchev–Trinajstić information content (AvgIpc) is 3.79. The van der Waals surface area contributed by atoms with E-state index in [-0.39, 0.29) is 0 Å². The van der Waals surface area contributed by atoms with Gasteiger partial charge in [-0.15, -0.1) is 0 Å². The molecule has 0 saturated heterocycles. The van der Waals surface area contributed by atoms with E-state index in [4.69, 9.17) is 19.4 Å². The highest BCUT2D eigenvalue weighted by molar-refractivity contribution is 6.13. The summed E-state index contributed by atoms with van der Waals surface area (Å²) in [5.74, 6) is 1.93. The number of furan rings is 1. The third-order valence-electron chi connectivity index (χ3n) is 10.5. The van der Waals surface area contributed by atoms with E-state index >= 15 is 0 Å². The molecular weight excluding hydrogens is 661 g/mol. The molecule has 0 amide bonds. The predicted octanol–water partition coefficient (Wildman–Crippen LogP) is 12.7. The summed E-state index contributed by atoms with van der Waals surface area (Å²) in [7, 11) is 0. The van der Waals surface area contributed by atoms with Gasteiger partial charge in [0.05, 0.1) is 16.7 Å². The molecule has 0 N–H and O–H groups in total. The van der Waals surface area contributed by atoms with Gasteiger partial charge in [0.1, 0.15) is 11.2 Å². The predicted molar refractivity (Wildman–Crippen MR) is 221 cm³/mol. The molecule has 0 aliphatic rings. The Labute approximate surface area is 310 Å². The number of rotatable bonds is 5. The van der Waals surface area contributed by atoms with Gasteiger partial charge in [0, 0.05) is 43.6 Å². The molecule has 11 rings (SSSR count). The summed E-state index contributed by atoms with van der Waals surface area (Å²) in [6, 6.07) is 63.4. The molecular formula is C49H30N4O. The van der Waals surface area contributed by atoms with Crippen molar-refractivity contribution >= 4 is 54.5 Å². The second-order valence-electron chi connectivity index (χ2n) is 13.6. The van der Waals surface area contributed by atoms with E-state index < -0.39 is 0 Å². The number of hydrogen-bond acceptors (Lipinski definition) is 4. The van der Waals surface area contributed by atoms with Crippen LogP contribution in [0.15, 0.2) is 186 Å². The third-order valence-corrected chi connectivity index (χ3v) is 10.5. The van der Waals surface area contributed by atoms with E-state index in [1.807, 2.05) is 72.8 Å². The van der Waals surface area contributed by atoms with Crippen molar-refractivity contribution in [1.29, 1.82) is 0 Å². The van der Waals surface area contributed by atoms with Crippen LogP contribution in [0, 0.1) is 0 Å². The molecule has 0 atom stereocenters. The molecule has 0 fully saturated rings. The highest BCUT2D eigenvalue weighted by Gasteiger charge is 2.19. The van der Waals surface area contributed by atoms with Crippen LogP contribution in [0.2, 0.25) is 0 Å². The molecule has 0 spiro atoms. The minimum absolute atomic E-state index is 0.638. The summed E-state index contributed by atoms with van der Waals surface area (Å²) in [5.41, 5.74) is 10.3. The maximum atomic E-state index is 6.26. The van der Waals surface area contributed by atoms with Gasteiger partial charge < -0.3 is 8.98 Å². The van der Waals surface area contributed by atoms with Crippen LogP contribution in [0.1, 0.15) is 0 Å². The Kier molecular flexibility index (Phi) is 6.79. The zero-order valence-electron chi connectivity index (χ0n) is 29.0. The number of nitrogens with zero attached hydrogens (tertiary/aromatic N) is 4. The fraction of sp³-hybridized carbons (Fsp3) is 0. The lowest BCUT2D eigenvalue weighted by atomic mass is 10.0. The molecule has 252 valence electrons. The van der Waals surface area contributed by atoms with Gasteiger partial charge in [0.2, 0.25) is 0 Å². The summed E-state index contributed by atoms with van der Waals surface area (Å²) < 4.78 is 8.65. The molecule has 8 aromatic carbocycles. The number of para-hydroxylation sites is 2. The van der Waals surface area contributed by atoms with Crippen molar-refractivity contribution in [1.82, 2.24) is 19.5 Å². The molecule has 3 heterocycles. The quantitative estimate of drug-likeness (QED) is 0.180. The van der Waals surface area contributed by atoms with Gasteiger partial charge in [-0.3, -0.25) is 0 Å². The van der Waals surface area contributed by atoms with Gasteiger partial charge in [-0.2, -0.15) is 0 Å². The Morgan fingerprint density at radius 1 is 0.333 bits per heavy atom. The highest BCUT2D eigenvalue weighted by Crippen LogP contribution is 2.40. The first kappa shape index (κ1) is 30.3. The normalized spacial score (nSPS) is 11.7. The molecule has 0 bridgehead atoms. The van der Waals surface area contributed by atoms with Crippen LogP contribution in [0.3, 0.4) is 0 Å². The lowest BCUT2D eigenvalue weighted by Crippen LogP contribution is -2.01. The SMILES string of the molecule is c1ccc(-c2nc(-c3ccccc3)nc(-c3ccc(-n4c5ccccc5c5cc(-c6ccc7c(c6)oc6ccccc67)ccc54)c4ccccc34)n2)cc1. The zero-order chi connectivity index (χ0) is 35.6. The Hall–Kier alpha value is -7.37. The second-order valence-corrected chi connectivity index (χ2v) is 13.6. The van der Waals surface area contributed by atoms with Crippen LogP contribution in [0.4, 0.5) is 0 Å². The van der Waals surface area contributed by atoms with Crippen LogP contribution in [-0.2, 0) is 0 Å². The molecule has 3 aromatic heterocycles. The van der Waals surface area contributed by atoms with Crippen LogP contribution in [0.5, 0.6) is 0 Å². The molecule has 0 aliphatic heterocycles. The van der Waals surface area contributed by atoms with Gasteiger partial charge in [-0.1, -0.05) is 133 Å². The van der Waals surface area contributed by atoms with Crippen molar-refractivity contribution < 1.29 is 4.42 Å². The Balaban J connectivity index is 1.09. The molecule has 0 saturated carbocycles. The third kappa shape index (κ3) is 4.83. The van der Waals surface area contributed by atoms with Gasteiger partial charge in [-0.25, -0.2) is 15.0 Å². The summed E-state index contributed by atoms with van der Waals surface area (Å²) in [5, 5.41) is 6.84. The number of hydrogen-bond donors (Lipinski definition) is 0. The van der Waals surface area contributed by atoms with Gasteiger partial charge >= 0.3 is 0 Å². The molecule has 54 heavy (non-hydrogen) atoms. The standard InChI is InChI=1S/C49H30N4O/c1-3-13-31(14-4-1)47-50-48(32-15-5-2-6-16-32)52-49(51-47)40-26-28-43(36-18-8-7-17-35(36)40)53-42-21-11-9-19-37(42)41-29-33(24-27-44(41)53)34-23-25-39-38-20-10-12-22-45(38)54-46(39)30-34/h1-30H. The maximum absolute atomic E-state index is 6.26. The van der Waals surface area contributed by atoms with E-state index in [2.05, 4.69) is 114 Å². The fourth-order valence-electron chi connectivity index (χ4n) is 7.92. The lowest BCUT2D eigenvalue weighted by molar-refractivity contribution is 0.669. The molecule has 5 nitrogen and oxygen atoms in total. The smallest absolute Gasteiger partial charge is 0.164 e. The number of fused-ring (bicyclic) bond motifs is 7. The van der Waals surface area contributed by atoms with Crippen molar-refractivity contribution in [2.75, 3.05) is 0 Å². The van der Waals surface area contributed by atoms with Gasteiger partial charge in [-0.05, 0) is 65.0 Å². The van der Waals surface area contributed by atoms with Crippen molar-refractivity contribution in [3.8, 4) is 51.0 Å². The van der Waals surface area contributed by atoms with E-state index in [0.29, 0.717) is 17.5 Å². The molecule has 5 heteroatoms. The second kappa shape index (κ2) is 12.1. The number of benzene rings is 8. The molecule has 0 radical (unpaired) electrons. The molecule has 0 unspecified atom stereocenters. The van der Waals surface area contributed by atoms with Crippen molar-refractivity contribution in [2.45, 2.75) is 0 Å².